The molecule has 106 valence electrons. The maximum absolute atomic E-state index is 11.9. The van der Waals surface area contributed by atoms with E-state index in [1.165, 1.54) is 24.6 Å². The van der Waals surface area contributed by atoms with Crippen molar-refractivity contribution < 1.29 is 4.79 Å². The molecular formula is C12H16N6OS. The zero-order chi connectivity index (χ0) is 13.9. The predicted molar refractivity (Wildman–Crippen MR) is 74.2 cm³/mol. The van der Waals surface area contributed by atoms with Crippen LogP contribution in [0.5, 0.6) is 0 Å². The average molecular weight is 292 g/mol. The molecule has 1 aliphatic carbocycles. The summed E-state index contributed by atoms with van der Waals surface area (Å²) in [6.45, 7) is 1.93. The van der Waals surface area contributed by atoms with Crippen molar-refractivity contribution in [3.05, 3.63) is 24.3 Å². The lowest BCUT2D eigenvalue weighted by Gasteiger charge is -2.11. The Morgan fingerprint density at radius 2 is 2.50 bits per heavy atom. The first-order valence-corrected chi connectivity index (χ1v) is 7.53. The monoisotopic (exact) mass is 292 g/mol. The Bertz CT molecular complexity index is 577. The van der Waals surface area contributed by atoms with E-state index in [2.05, 4.69) is 30.3 Å². The van der Waals surface area contributed by atoms with Crippen molar-refractivity contribution in [1.29, 1.82) is 0 Å². The van der Waals surface area contributed by atoms with Crippen molar-refractivity contribution in [2.24, 2.45) is 0 Å². The number of nitrogens with one attached hydrogen (secondary N) is 2. The van der Waals surface area contributed by atoms with Gasteiger partial charge in [0.15, 0.2) is 5.16 Å². The molecule has 1 unspecified atom stereocenters. The zero-order valence-electron chi connectivity index (χ0n) is 11.1. The van der Waals surface area contributed by atoms with Gasteiger partial charge in [0.25, 0.3) is 0 Å². The van der Waals surface area contributed by atoms with Crippen LogP contribution in [-0.2, 0) is 4.79 Å². The number of thioether (sulfide) groups is 1. The highest BCUT2D eigenvalue weighted by atomic mass is 32.2. The molecule has 7 nitrogen and oxygen atoms in total. The van der Waals surface area contributed by atoms with Gasteiger partial charge in [-0.1, -0.05) is 11.8 Å². The van der Waals surface area contributed by atoms with E-state index in [-0.39, 0.29) is 11.9 Å². The molecule has 0 aromatic carbocycles. The van der Waals surface area contributed by atoms with Crippen LogP contribution in [0, 0.1) is 0 Å². The molecule has 20 heavy (non-hydrogen) atoms. The summed E-state index contributed by atoms with van der Waals surface area (Å²) in [6, 6.07) is 0.476. The molecule has 0 spiro atoms. The summed E-state index contributed by atoms with van der Waals surface area (Å²) in [5, 5.41) is 18.3. The fourth-order valence-corrected chi connectivity index (χ4v) is 2.73. The smallest absolute Gasteiger partial charge is 0.230 e. The number of nitrogens with zero attached hydrogens (tertiary/aromatic N) is 4. The molecule has 1 fully saturated rings. The third-order valence-electron chi connectivity index (χ3n) is 3.21. The van der Waals surface area contributed by atoms with Crippen molar-refractivity contribution in [3.63, 3.8) is 0 Å². The molecule has 1 amide bonds. The van der Waals surface area contributed by atoms with E-state index in [0.717, 1.165) is 10.7 Å². The van der Waals surface area contributed by atoms with E-state index in [0.29, 0.717) is 11.8 Å². The fraction of sp³-hybridized carbons (Fsp3) is 0.500. The molecule has 0 aliphatic heterocycles. The Morgan fingerprint density at radius 3 is 3.20 bits per heavy atom. The lowest BCUT2D eigenvalue weighted by molar-refractivity contribution is -0.119. The van der Waals surface area contributed by atoms with Crippen LogP contribution >= 0.6 is 11.8 Å². The second-order valence-electron chi connectivity index (χ2n) is 4.86. The third kappa shape index (κ3) is 3.01. The van der Waals surface area contributed by atoms with Gasteiger partial charge in [0.1, 0.15) is 6.33 Å². The highest BCUT2D eigenvalue weighted by Gasteiger charge is 2.26. The quantitative estimate of drug-likeness (QED) is 0.784. The zero-order valence-corrected chi connectivity index (χ0v) is 11.9. The minimum atomic E-state index is -0.0526. The fourth-order valence-electron chi connectivity index (χ4n) is 1.93. The first kappa shape index (κ1) is 13.2. The number of rotatable bonds is 6. The summed E-state index contributed by atoms with van der Waals surface area (Å²) in [7, 11) is 0. The molecule has 2 N–H and O–H groups in total. The van der Waals surface area contributed by atoms with Gasteiger partial charge in [0.05, 0.1) is 18.0 Å². The number of amides is 1. The summed E-state index contributed by atoms with van der Waals surface area (Å²) >= 11 is 1.42. The Balaban J connectivity index is 1.50. The van der Waals surface area contributed by atoms with Crippen LogP contribution in [0.2, 0.25) is 0 Å². The molecule has 1 aliphatic rings. The van der Waals surface area contributed by atoms with E-state index in [4.69, 9.17) is 0 Å². The van der Waals surface area contributed by atoms with Crippen molar-refractivity contribution >= 4 is 17.7 Å². The summed E-state index contributed by atoms with van der Waals surface area (Å²) in [6.07, 6.45) is 7.58. The highest BCUT2D eigenvalue weighted by Crippen LogP contribution is 2.37. The van der Waals surface area contributed by atoms with Crippen molar-refractivity contribution in [2.45, 2.75) is 37.0 Å². The Labute approximate surface area is 120 Å². The van der Waals surface area contributed by atoms with Gasteiger partial charge in [-0.25, -0.2) is 0 Å². The van der Waals surface area contributed by atoms with E-state index in [1.807, 2.05) is 6.92 Å². The Hall–Kier alpha value is -1.83. The second-order valence-corrected chi connectivity index (χ2v) is 5.80. The summed E-state index contributed by atoms with van der Waals surface area (Å²) in [4.78, 5) is 11.9. The molecule has 0 radical (unpaired) electrons. The maximum atomic E-state index is 11.9. The van der Waals surface area contributed by atoms with Crippen molar-refractivity contribution in [3.8, 4) is 0 Å². The van der Waals surface area contributed by atoms with Gasteiger partial charge < -0.3 is 9.88 Å². The molecule has 2 aromatic rings. The predicted octanol–water partition coefficient (Wildman–Crippen LogP) is 1.31. The molecule has 0 saturated heterocycles. The number of hydrogen-bond acceptors (Lipinski definition) is 5. The molecule has 3 rings (SSSR count). The van der Waals surface area contributed by atoms with Crippen LogP contribution in [-0.4, -0.2) is 36.6 Å². The van der Waals surface area contributed by atoms with Gasteiger partial charge in [-0.3, -0.25) is 9.89 Å². The van der Waals surface area contributed by atoms with E-state index in [1.54, 1.807) is 18.7 Å². The van der Waals surface area contributed by atoms with Gasteiger partial charge in [-0.05, 0) is 19.8 Å². The van der Waals surface area contributed by atoms with Crippen molar-refractivity contribution in [2.75, 3.05) is 5.75 Å². The Kier molecular flexibility index (Phi) is 3.72. The van der Waals surface area contributed by atoms with Gasteiger partial charge in [-0.2, -0.15) is 5.10 Å². The lowest BCUT2D eigenvalue weighted by atomic mass is 10.2. The summed E-state index contributed by atoms with van der Waals surface area (Å²) < 4.78 is 2.05. The largest absolute Gasteiger partial charge is 0.349 e. The van der Waals surface area contributed by atoms with Crippen LogP contribution in [0.1, 0.15) is 37.4 Å². The molecule has 1 saturated carbocycles. The van der Waals surface area contributed by atoms with Crippen LogP contribution in [0.25, 0.3) is 0 Å². The molecular weight excluding hydrogens is 276 g/mol. The molecule has 1 atom stereocenters. The minimum absolute atomic E-state index is 0.0194. The molecule has 8 heteroatoms. The number of carbonyl (C=O) groups excluding carboxylic acids is 1. The maximum Gasteiger partial charge on any atom is 0.230 e. The molecule has 0 bridgehead atoms. The van der Waals surface area contributed by atoms with Crippen molar-refractivity contribution in [1.82, 2.24) is 30.3 Å². The normalized spacial score (nSPS) is 16.1. The first-order valence-electron chi connectivity index (χ1n) is 6.54. The topological polar surface area (TPSA) is 88.5 Å². The molecule has 2 heterocycles. The standard InChI is InChI=1S/C12H16N6OS/c1-8(9-4-13-14-5-9)16-11(19)6-20-12-17-15-7-18(12)10-2-3-10/h4-5,7-8,10H,2-3,6H2,1H3,(H,13,14)(H,16,19). The van der Waals surface area contributed by atoms with Crippen LogP contribution < -0.4 is 5.32 Å². The number of aromatic amines is 1. The summed E-state index contributed by atoms with van der Waals surface area (Å²) in [5.41, 5.74) is 0.962. The van der Waals surface area contributed by atoms with E-state index < -0.39 is 0 Å². The number of hydrogen-bond donors (Lipinski definition) is 2. The SMILES string of the molecule is CC(NC(=O)CSc1nncn1C1CC1)c1cn[nH]c1. The van der Waals surface area contributed by atoms with E-state index >= 15 is 0 Å². The number of H-pyrrole nitrogens is 1. The average Bonchev–Trinajstić information content (AvgIpc) is 2.95. The van der Waals surface area contributed by atoms with Gasteiger partial charge in [0, 0.05) is 17.8 Å². The van der Waals surface area contributed by atoms with Crippen LogP contribution in [0.3, 0.4) is 0 Å². The lowest BCUT2D eigenvalue weighted by Crippen LogP contribution is -2.28. The second kappa shape index (κ2) is 5.66. The van der Waals surface area contributed by atoms with Gasteiger partial charge in [0.2, 0.25) is 5.91 Å². The summed E-state index contributed by atoms with van der Waals surface area (Å²) in [5.74, 6) is 0.321. The number of carbonyl (C=O) groups is 1. The van der Waals surface area contributed by atoms with Crippen LogP contribution in [0.4, 0.5) is 0 Å². The molecule has 2 aromatic heterocycles. The number of aromatic nitrogens is 5. The Morgan fingerprint density at radius 1 is 1.65 bits per heavy atom. The minimum Gasteiger partial charge on any atom is -0.349 e. The van der Waals surface area contributed by atoms with Gasteiger partial charge in [-0.15, -0.1) is 10.2 Å². The van der Waals surface area contributed by atoms with Gasteiger partial charge >= 0.3 is 0 Å². The van der Waals surface area contributed by atoms with E-state index in [9.17, 15) is 4.79 Å². The first-order chi connectivity index (χ1) is 9.74. The third-order valence-corrected chi connectivity index (χ3v) is 4.17. The van der Waals surface area contributed by atoms with Crippen LogP contribution in [0.15, 0.2) is 23.9 Å². The highest BCUT2D eigenvalue weighted by molar-refractivity contribution is 7.99.